The fraction of sp³-hybridized carbons (Fsp3) is 0.200. The maximum absolute atomic E-state index is 5.77. The number of hydrogen-bond acceptors (Lipinski definition) is 3. The third-order valence-electron chi connectivity index (χ3n) is 3.96. The summed E-state index contributed by atoms with van der Waals surface area (Å²) >= 11 is 0. The van der Waals surface area contributed by atoms with Crippen molar-refractivity contribution >= 4 is 11.3 Å². The maximum atomic E-state index is 5.77. The molecule has 0 atom stereocenters. The van der Waals surface area contributed by atoms with E-state index in [2.05, 4.69) is 26.7 Å². The third kappa shape index (κ3) is 1.46. The molecule has 94 valence electrons. The Morgan fingerprint density at radius 3 is 2.53 bits per heavy atom. The molecule has 1 saturated carbocycles. The summed E-state index contributed by atoms with van der Waals surface area (Å²) in [5, 5.41) is 8.67. The van der Waals surface area contributed by atoms with Crippen LogP contribution in [0.3, 0.4) is 0 Å². The molecule has 0 aliphatic heterocycles. The summed E-state index contributed by atoms with van der Waals surface area (Å²) in [6.45, 7) is 0. The van der Waals surface area contributed by atoms with E-state index in [1.165, 1.54) is 5.56 Å². The second-order valence-electron chi connectivity index (χ2n) is 5.16. The number of benzene rings is 1. The van der Waals surface area contributed by atoms with Gasteiger partial charge in [0.05, 0.1) is 5.41 Å². The zero-order chi connectivity index (χ0) is 12.9. The van der Waals surface area contributed by atoms with Crippen LogP contribution in [-0.2, 0) is 5.41 Å². The molecule has 1 aliphatic carbocycles. The molecular weight excluding hydrogens is 236 g/mol. The lowest BCUT2D eigenvalue weighted by Crippen LogP contribution is -2.13. The fourth-order valence-corrected chi connectivity index (χ4v) is 2.74. The molecular formula is C15H14N4. The minimum atomic E-state index is 0.0223. The lowest BCUT2D eigenvalue weighted by molar-refractivity contribution is 0.740. The minimum Gasteiger partial charge on any atom is -0.399 e. The molecule has 1 aliphatic rings. The third-order valence-corrected chi connectivity index (χ3v) is 3.96. The van der Waals surface area contributed by atoms with Crippen molar-refractivity contribution in [3.8, 4) is 0 Å². The van der Waals surface area contributed by atoms with Crippen molar-refractivity contribution in [3.05, 3.63) is 60.0 Å². The van der Waals surface area contributed by atoms with Gasteiger partial charge in [0.1, 0.15) is 5.82 Å². The molecule has 0 radical (unpaired) electrons. The minimum absolute atomic E-state index is 0.0223. The number of pyridine rings is 1. The van der Waals surface area contributed by atoms with Crippen LogP contribution in [0, 0.1) is 0 Å². The van der Waals surface area contributed by atoms with Crippen LogP contribution in [0.1, 0.15) is 24.2 Å². The van der Waals surface area contributed by atoms with E-state index in [-0.39, 0.29) is 5.41 Å². The zero-order valence-corrected chi connectivity index (χ0v) is 10.5. The van der Waals surface area contributed by atoms with Crippen molar-refractivity contribution in [1.29, 1.82) is 0 Å². The van der Waals surface area contributed by atoms with Gasteiger partial charge in [-0.25, -0.2) is 0 Å². The van der Waals surface area contributed by atoms with E-state index in [1.54, 1.807) is 0 Å². The van der Waals surface area contributed by atoms with Gasteiger partial charge in [-0.15, -0.1) is 10.2 Å². The van der Waals surface area contributed by atoms with Crippen molar-refractivity contribution in [3.63, 3.8) is 0 Å². The molecule has 0 saturated heterocycles. The predicted molar refractivity (Wildman–Crippen MR) is 73.9 cm³/mol. The van der Waals surface area contributed by atoms with Crippen LogP contribution in [0.25, 0.3) is 5.65 Å². The van der Waals surface area contributed by atoms with Gasteiger partial charge in [0.25, 0.3) is 0 Å². The lowest BCUT2D eigenvalue weighted by Gasteiger charge is -2.14. The van der Waals surface area contributed by atoms with E-state index < -0.39 is 0 Å². The Hall–Kier alpha value is -2.36. The summed E-state index contributed by atoms with van der Waals surface area (Å²) in [6.07, 6.45) is 4.27. The summed E-state index contributed by atoms with van der Waals surface area (Å²) in [6, 6.07) is 14.1. The lowest BCUT2D eigenvalue weighted by atomic mass is 9.95. The van der Waals surface area contributed by atoms with Crippen LogP contribution in [0.5, 0.6) is 0 Å². The van der Waals surface area contributed by atoms with Crippen molar-refractivity contribution < 1.29 is 0 Å². The highest BCUT2D eigenvalue weighted by molar-refractivity contribution is 5.49. The van der Waals surface area contributed by atoms with E-state index >= 15 is 0 Å². The van der Waals surface area contributed by atoms with Gasteiger partial charge in [0, 0.05) is 11.9 Å². The van der Waals surface area contributed by atoms with Crippen molar-refractivity contribution in [2.24, 2.45) is 0 Å². The number of aromatic nitrogens is 3. The molecule has 4 heteroatoms. The van der Waals surface area contributed by atoms with Crippen LogP contribution >= 0.6 is 0 Å². The topological polar surface area (TPSA) is 56.2 Å². The Bertz CT molecular complexity index is 738. The Kier molecular flexibility index (Phi) is 1.98. The first-order valence-corrected chi connectivity index (χ1v) is 6.46. The van der Waals surface area contributed by atoms with Gasteiger partial charge in [-0.05, 0) is 42.7 Å². The summed E-state index contributed by atoms with van der Waals surface area (Å²) in [4.78, 5) is 0. The molecule has 1 aromatic carbocycles. The van der Waals surface area contributed by atoms with Crippen molar-refractivity contribution in [2.75, 3.05) is 5.73 Å². The second kappa shape index (κ2) is 3.57. The normalized spacial score (nSPS) is 16.6. The van der Waals surface area contributed by atoms with Gasteiger partial charge in [-0.2, -0.15) is 0 Å². The Labute approximate surface area is 110 Å². The fourth-order valence-electron chi connectivity index (χ4n) is 2.74. The highest BCUT2D eigenvalue weighted by atomic mass is 15.3. The first-order valence-electron chi connectivity index (χ1n) is 6.46. The molecule has 19 heavy (non-hydrogen) atoms. The van der Waals surface area contributed by atoms with Gasteiger partial charge in [0.2, 0.25) is 0 Å². The largest absolute Gasteiger partial charge is 0.399 e. The Morgan fingerprint density at radius 2 is 1.79 bits per heavy atom. The average molecular weight is 250 g/mol. The summed E-state index contributed by atoms with van der Waals surface area (Å²) in [5.41, 5.74) is 8.77. The molecule has 1 fully saturated rings. The van der Waals surface area contributed by atoms with Crippen LogP contribution in [0.4, 0.5) is 5.69 Å². The van der Waals surface area contributed by atoms with Crippen LogP contribution < -0.4 is 5.73 Å². The summed E-state index contributed by atoms with van der Waals surface area (Å²) in [7, 11) is 0. The molecule has 3 aromatic rings. The number of nitrogens with two attached hydrogens (primary N) is 1. The molecule has 2 heterocycles. The van der Waals surface area contributed by atoms with Crippen LogP contribution in [0.15, 0.2) is 48.7 Å². The van der Waals surface area contributed by atoms with Crippen molar-refractivity contribution in [2.45, 2.75) is 18.3 Å². The molecule has 2 N–H and O–H groups in total. The average Bonchev–Trinajstić information content (AvgIpc) is 3.13. The van der Waals surface area contributed by atoms with Gasteiger partial charge in [-0.1, -0.05) is 18.2 Å². The van der Waals surface area contributed by atoms with Crippen LogP contribution in [-0.4, -0.2) is 14.6 Å². The van der Waals surface area contributed by atoms with E-state index in [4.69, 9.17) is 5.73 Å². The number of fused-ring (bicyclic) bond motifs is 1. The highest BCUT2D eigenvalue weighted by Gasteiger charge is 2.49. The van der Waals surface area contributed by atoms with E-state index in [9.17, 15) is 0 Å². The number of nitrogen functional groups attached to an aromatic ring is 1. The Morgan fingerprint density at radius 1 is 1.00 bits per heavy atom. The standard InChI is InChI=1S/C15H14N4/c16-12-6-4-11(5-7-12)15(8-9-15)14-18-17-13-3-1-2-10-19(13)14/h1-7,10H,8-9,16H2. The number of rotatable bonds is 2. The second-order valence-corrected chi connectivity index (χ2v) is 5.16. The maximum Gasteiger partial charge on any atom is 0.160 e. The Balaban J connectivity index is 1.89. The predicted octanol–water partition coefficient (Wildman–Crippen LogP) is 2.39. The molecule has 2 aromatic heterocycles. The van der Waals surface area contributed by atoms with Gasteiger partial charge < -0.3 is 5.73 Å². The quantitative estimate of drug-likeness (QED) is 0.710. The first kappa shape index (κ1) is 10.6. The first-order chi connectivity index (χ1) is 9.29. The molecule has 0 amide bonds. The molecule has 0 bridgehead atoms. The smallest absolute Gasteiger partial charge is 0.160 e. The highest BCUT2D eigenvalue weighted by Crippen LogP contribution is 2.52. The van der Waals surface area contributed by atoms with Crippen molar-refractivity contribution in [1.82, 2.24) is 14.6 Å². The van der Waals surface area contributed by atoms with Gasteiger partial charge in [-0.3, -0.25) is 4.40 Å². The number of nitrogens with zero attached hydrogens (tertiary/aromatic N) is 3. The van der Waals surface area contributed by atoms with E-state index in [0.717, 1.165) is 30.0 Å². The zero-order valence-electron chi connectivity index (χ0n) is 10.5. The van der Waals surface area contributed by atoms with Gasteiger partial charge in [0.15, 0.2) is 5.65 Å². The monoisotopic (exact) mass is 250 g/mol. The molecule has 4 nitrogen and oxygen atoms in total. The number of hydrogen-bond donors (Lipinski definition) is 1. The number of anilines is 1. The summed E-state index contributed by atoms with van der Waals surface area (Å²) < 4.78 is 2.09. The molecule has 0 unspecified atom stereocenters. The van der Waals surface area contributed by atoms with E-state index in [0.29, 0.717) is 0 Å². The molecule has 4 rings (SSSR count). The SMILES string of the molecule is Nc1ccc(C2(c3nnc4ccccn34)CC2)cc1. The van der Waals surface area contributed by atoms with E-state index in [1.807, 2.05) is 36.5 Å². The molecule has 0 spiro atoms. The van der Waals surface area contributed by atoms with Crippen LogP contribution in [0.2, 0.25) is 0 Å². The summed E-state index contributed by atoms with van der Waals surface area (Å²) in [5.74, 6) is 1.04. The van der Waals surface area contributed by atoms with Gasteiger partial charge >= 0.3 is 0 Å².